The van der Waals surface area contributed by atoms with E-state index < -0.39 is 9.84 Å². The molecule has 1 heterocycles. The molecule has 5 heteroatoms. The molecular formula is C11H22BrNO2S. The molecule has 0 aromatic carbocycles. The molecule has 1 aliphatic rings. The summed E-state index contributed by atoms with van der Waals surface area (Å²) in [5.41, 5.74) is 0. The summed E-state index contributed by atoms with van der Waals surface area (Å²) in [7, 11) is -2.78. The maximum atomic E-state index is 11.3. The Morgan fingerprint density at radius 1 is 1.44 bits per heavy atom. The van der Waals surface area contributed by atoms with Gasteiger partial charge in [0.25, 0.3) is 0 Å². The van der Waals surface area contributed by atoms with E-state index in [0.717, 1.165) is 37.3 Å². The molecule has 0 spiro atoms. The van der Waals surface area contributed by atoms with E-state index in [9.17, 15) is 8.42 Å². The van der Waals surface area contributed by atoms with Crippen molar-refractivity contribution in [2.24, 2.45) is 5.92 Å². The molecule has 0 aliphatic carbocycles. The molecule has 0 N–H and O–H groups in total. The summed E-state index contributed by atoms with van der Waals surface area (Å²) in [5, 5.41) is 1.07. The van der Waals surface area contributed by atoms with E-state index in [1.54, 1.807) is 6.92 Å². The van der Waals surface area contributed by atoms with Crippen LogP contribution in [0.5, 0.6) is 0 Å². The van der Waals surface area contributed by atoms with Gasteiger partial charge in [0.2, 0.25) is 0 Å². The second kappa shape index (κ2) is 6.97. The van der Waals surface area contributed by atoms with Gasteiger partial charge in [-0.25, -0.2) is 8.42 Å². The molecule has 16 heavy (non-hydrogen) atoms. The fourth-order valence-electron chi connectivity index (χ4n) is 2.13. The van der Waals surface area contributed by atoms with Gasteiger partial charge in [0.1, 0.15) is 9.84 Å². The van der Waals surface area contributed by atoms with Crippen molar-refractivity contribution >= 4 is 25.8 Å². The minimum Gasteiger partial charge on any atom is -0.303 e. The predicted octanol–water partition coefficient (Wildman–Crippen LogP) is 1.92. The summed E-state index contributed by atoms with van der Waals surface area (Å²) < 4.78 is 22.7. The standard InChI is InChI=1S/C11H22BrNO2S/c1-2-16(14,15)8-4-7-13-6-3-5-11(9-12)10-13/h11H,2-10H2,1H3. The molecule has 3 nitrogen and oxygen atoms in total. The third-order valence-corrected chi connectivity index (χ3v) is 5.90. The molecule has 1 atom stereocenters. The molecule has 0 amide bonds. The van der Waals surface area contributed by atoms with E-state index in [1.807, 2.05) is 0 Å². The van der Waals surface area contributed by atoms with Gasteiger partial charge in [0.15, 0.2) is 0 Å². The minimum absolute atomic E-state index is 0.275. The molecule has 1 fully saturated rings. The number of likely N-dealkylation sites (tertiary alicyclic amines) is 1. The Morgan fingerprint density at radius 2 is 2.19 bits per heavy atom. The lowest BCUT2D eigenvalue weighted by atomic mass is 10.0. The maximum absolute atomic E-state index is 11.3. The first-order valence-corrected chi connectivity index (χ1v) is 9.00. The van der Waals surface area contributed by atoms with Crippen molar-refractivity contribution in [3.8, 4) is 0 Å². The summed E-state index contributed by atoms with van der Waals surface area (Å²) in [5.74, 6) is 1.37. The van der Waals surface area contributed by atoms with Crippen LogP contribution in [-0.2, 0) is 9.84 Å². The SMILES string of the molecule is CCS(=O)(=O)CCCN1CCCC(CBr)C1. The van der Waals surface area contributed by atoms with Crippen LogP contribution in [0.2, 0.25) is 0 Å². The fraction of sp³-hybridized carbons (Fsp3) is 1.00. The van der Waals surface area contributed by atoms with Gasteiger partial charge < -0.3 is 4.90 Å². The van der Waals surface area contributed by atoms with Gasteiger partial charge >= 0.3 is 0 Å². The van der Waals surface area contributed by atoms with Crippen LogP contribution in [0.3, 0.4) is 0 Å². The Balaban J connectivity index is 2.22. The first-order chi connectivity index (χ1) is 7.57. The van der Waals surface area contributed by atoms with Gasteiger partial charge in [-0.3, -0.25) is 0 Å². The van der Waals surface area contributed by atoms with Crippen LogP contribution in [0.4, 0.5) is 0 Å². The van der Waals surface area contributed by atoms with Crippen LogP contribution in [0.15, 0.2) is 0 Å². The lowest BCUT2D eigenvalue weighted by Gasteiger charge is -2.31. The summed E-state index contributed by atoms with van der Waals surface area (Å²) in [6.45, 7) is 4.91. The zero-order valence-electron chi connectivity index (χ0n) is 9.99. The van der Waals surface area contributed by atoms with E-state index in [-0.39, 0.29) is 5.75 Å². The third-order valence-electron chi connectivity index (χ3n) is 3.19. The van der Waals surface area contributed by atoms with Crippen molar-refractivity contribution in [2.75, 3.05) is 36.5 Å². The van der Waals surface area contributed by atoms with Crippen LogP contribution < -0.4 is 0 Å². The molecular weight excluding hydrogens is 290 g/mol. The van der Waals surface area contributed by atoms with Crippen molar-refractivity contribution < 1.29 is 8.42 Å². The van der Waals surface area contributed by atoms with Crippen LogP contribution in [-0.4, -0.2) is 49.8 Å². The molecule has 0 aromatic heterocycles. The van der Waals surface area contributed by atoms with E-state index in [1.165, 1.54) is 12.8 Å². The average molecular weight is 312 g/mol. The number of piperidine rings is 1. The highest BCUT2D eigenvalue weighted by Crippen LogP contribution is 2.18. The third kappa shape index (κ3) is 5.15. The zero-order valence-corrected chi connectivity index (χ0v) is 12.4. The Labute approximate surface area is 108 Å². The van der Waals surface area contributed by atoms with Gasteiger partial charge in [-0.2, -0.15) is 0 Å². The van der Waals surface area contributed by atoms with Crippen molar-refractivity contribution in [3.05, 3.63) is 0 Å². The Morgan fingerprint density at radius 3 is 2.81 bits per heavy atom. The molecule has 0 radical (unpaired) electrons. The number of halogens is 1. The highest BCUT2D eigenvalue weighted by atomic mass is 79.9. The number of nitrogens with zero attached hydrogens (tertiary/aromatic N) is 1. The number of hydrogen-bond donors (Lipinski definition) is 0. The highest BCUT2D eigenvalue weighted by molar-refractivity contribution is 9.09. The van der Waals surface area contributed by atoms with E-state index >= 15 is 0 Å². The van der Waals surface area contributed by atoms with Crippen molar-refractivity contribution in [1.29, 1.82) is 0 Å². The Bertz CT molecular complexity index is 292. The Kier molecular flexibility index (Phi) is 6.29. The summed E-state index contributed by atoms with van der Waals surface area (Å²) in [6, 6.07) is 0. The second-order valence-electron chi connectivity index (χ2n) is 4.55. The van der Waals surface area contributed by atoms with Gasteiger partial charge in [0, 0.05) is 17.6 Å². The summed E-state index contributed by atoms with van der Waals surface area (Å²) in [4.78, 5) is 2.40. The quantitative estimate of drug-likeness (QED) is 0.703. The zero-order chi connectivity index (χ0) is 12.0. The number of hydrogen-bond acceptors (Lipinski definition) is 3. The topological polar surface area (TPSA) is 37.4 Å². The lowest BCUT2D eigenvalue weighted by molar-refractivity contribution is 0.187. The largest absolute Gasteiger partial charge is 0.303 e. The van der Waals surface area contributed by atoms with E-state index in [2.05, 4.69) is 20.8 Å². The van der Waals surface area contributed by atoms with E-state index in [4.69, 9.17) is 0 Å². The van der Waals surface area contributed by atoms with Crippen LogP contribution in [0, 0.1) is 5.92 Å². The monoisotopic (exact) mass is 311 g/mol. The molecule has 0 saturated carbocycles. The lowest BCUT2D eigenvalue weighted by Crippen LogP contribution is -2.37. The molecule has 1 rings (SSSR count). The van der Waals surface area contributed by atoms with Crippen LogP contribution in [0.25, 0.3) is 0 Å². The number of sulfone groups is 1. The van der Waals surface area contributed by atoms with Gasteiger partial charge in [-0.15, -0.1) is 0 Å². The first-order valence-electron chi connectivity index (χ1n) is 6.06. The molecule has 1 aliphatic heterocycles. The summed E-state index contributed by atoms with van der Waals surface area (Å²) in [6.07, 6.45) is 3.33. The van der Waals surface area contributed by atoms with Crippen LogP contribution in [0.1, 0.15) is 26.2 Å². The smallest absolute Gasteiger partial charge is 0.150 e. The van der Waals surface area contributed by atoms with Gasteiger partial charge in [0.05, 0.1) is 5.75 Å². The van der Waals surface area contributed by atoms with Crippen molar-refractivity contribution in [3.63, 3.8) is 0 Å². The number of alkyl halides is 1. The molecule has 96 valence electrons. The van der Waals surface area contributed by atoms with Crippen LogP contribution >= 0.6 is 15.9 Å². The summed E-state index contributed by atoms with van der Waals surface area (Å²) >= 11 is 3.53. The van der Waals surface area contributed by atoms with E-state index in [0.29, 0.717) is 5.75 Å². The fourth-order valence-corrected chi connectivity index (χ4v) is 3.52. The number of rotatable bonds is 6. The molecule has 1 unspecified atom stereocenters. The molecule has 1 saturated heterocycles. The second-order valence-corrected chi connectivity index (χ2v) is 7.67. The van der Waals surface area contributed by atoms with Crippen molar-refractivity contribution in [1.82, 2.24) is 4.90 Å². The highest BCUT2D eigenvalue weighted by Gasteiger charge is 2.18. The maximum Gasteiger partial charge on any atom is 0.150 e. The molecule has 0 aromatic rings. The normalized spacial score (nSPS) is 23.5. The van der Waals surface area contributed by atoms with Gasteiger partial charge in [-0.1, -0.05) is 22.9 Å². The Hall–Kier alpha value is 0.390. The minimum atomic E-state index is -2.78. The average Bonchev–Trinajstić information content (AvgIpc) is 2.29. The van der Waals surface area contributed by atoms with Crippen molar-refractivity contribution in [2.45, 2.75) is 26.2 Å². The predicted molar refractivity (Wildman–Crippen MR) is 71.9 cm³/mol. The first kappa shape index (κ1) is 14.5. The molecule has 0 bridgehead atoms. The van der Waals surface area contributed by atoms with Gasteiger partial charge in [-0.05, 0) is 38.3 Å².